The van der Waals surface area contributed by atoms with E-state index in [0.717, 1.165) is 11.5 Å². The Bertz CT molecular complexity index is 394. The highest BCUT2D eigenvalue weighted by Gasteiger charge is 2.05. The molecule has 0 fully saturated rings. The number of furan rings is 1. The summed E-state index contributed by atoms with van der Waals surface area (Å²) in [5.74, 6) is 1.72. The highest BCUT2D eigenvalue weighted by Crippen LogP contribution is 2.07. The molecule has 20 heavy (non-hydrogen) atoms. The number of likely N-dealkylation sites (N-methyl/N-ethyl adjacent to an activating group) is 1. The average Bonchev–Trinajstić information content (AvgIpc) is 2.85. The summed E-state index contributed by atoms with van der Waals surface area (Å²) >= 11 is 0. The summed E-state index contributed by atoms with van der Waals surface area (Å²) < 4.78 is 5.41. The van der Waals surface area contributed by atoms with Crippen molar-refractivity contribution in [2.75, 3.05) is 13.6 Å². The van der Waals surface area contributed by atoms with E-state index in [2.05, 4.69) is 4.99 Å². The van der Waals surface area contributed by atoms with Crippen molar-refractivity contribution in [3.63, 3.8) is 0 Å². The van der Waals surface area contributed by atoms with E-state index in [1.54, 1.807) is 11.9 Å². The first kappa shape index (κ1) is 20.3. The van der Waals surface area contributed by atoms with E-state index < -0.39 is 0 Å². The summed E-state index contributed by atoms with van der Waals surface area (Å²) in [6, 6.07) is 3.84. The Kier molecular flexibility index (Phi) is 12.3. The molecule has 5 N–H and O–H groups in total. The Hall–Kier alpha value is -1.98. The molecule has 0 unspecified atom stereocenters. The number of hydrogen-bond donors (Lipinski definition) is 3. The minimum Gasteiger partial charge on any atom is -0.466 e. The highest BCUT2D eigenvalue weighted by atomic mass is 16.3. The number of aliphatic imine (C=N–C) groups is 1. The maximum atomic E-state index is 7.54. The number of nitrogens with zero attached hydrogens (tertiary/aromatic N) is 2. The molecule has 0 saturated carbocycles. The number of hydrogen-bond acceptors (Lipinski definition) is 2. The minimum absolute atomic E-state index is 0.0447. The molecule has 0 aliphatic carbocycles. The van der Waals surface area contributed by atoms with Gasteiger partial charge in [0.2, 0.25) is 5.96 Å². The van der Waals surface area contributed by atoms with E-state index in [-0.39, 0.29) is 11.9 Å². The standard InChI is InChI=1S/C10H17N5O.2C2H6/c1-7-3-4-8(16-7)5-6-15(2)10(13)14-9(11)12;2*1-2/h3-4H,5-6H2,1-2H3,(H5,11,12,13,14);2*1-2H3. The Morgan fingerprint density at radius 3 is 2.20 bits per heavy atom. The molecule has 0 spiro atoms. The van der Waals surface area contributed by atoms with Crippen molar-refractivity contribution in [3.05, 3.63) is 23.7 Å². The fourth-order valence-corrected chi connectivity index (χ4v) is 1.21. The third-order valence-electron chi connectivity index (χ3n) is 2.09. The van der Waals surface area contributed by atoms with Gasteiger partial charge in [-0.15, -0.1) is 0 Å². The highest BCUT2D eigenvalue weighted by molar-refractivity contribution is 5.91. The zero-order valence-electron chi connectivity index (χ0n) is 13.5. The molecule has 0 aliphatic rings. The fraction of sp³-hybridized carbons (Fsp3) is 0.571. The van der Waals surface area contributed by atoms with Crippen LogP contribution in [-0.4, -0.2) is 30.4 Å². The topological polar surface area (TPSA) is 105 Å². The van der Waals surface area contributed by atoms with Crippen LogP contribution in [0, 0.1) is 12.3 Å². The molecule has 1 aromatic heterocycles. The third-order valence-corrected chi connectivity index (χ3v) is 2.09. The Morgan fingerprint density at radius 2 is 1.80 bits per heavy atom. The molecular weight excluding hydrogens is 254 g/mol. The van der Waals surface area contributed by atoms with Crippen molar-refractivity contribution in [3.8, 4) is 0 Å². The maximum Gasteiger partial charge on any atom is 0.220 e. The summed E-state index contributed by atoms with van der Waals surface area (Å²) in [7, 11) is 1.75. The molecule has 0 atom stereocenters. The van der Waals surface area contributed by atoms with Crippen molar-refractivity contribution in [1.82, 2.24) is 4.90 Å². The largest absolute Gasteiger partial charge is 0.466 e. The average molecular weight is 283 g/mol. The predicted molar refractivity (Wildman–Crippen MR) is 86.0 cm³/mol. The lowest BCUT2D eigenvalue weighted by Gasteiger charge is -2.15. The first-order valence-corrected chi connectivity index (χ1v) is 6.93. The maximum absolute atomic E-state index is 7.54. The number of nitrogens with two attached hydrogens (primary N) is 2. The van der Waals surface area contributed by atoms with Crippen LogP contribution in [0.1, 0.15) is 39.2 Å². The van der Waals surface area contributed by atoms with Gasteiger partial charge in [0.1, 0.15) is 11.5 Å². The van der Waals surface area contributed by atoms with Crippen LogP contribution in [0.4, 0.5) is 0 Å². The smallest absolute Gasteiger partial charge is 0.220 e. The van der Waals surface area contributed by atoms with Crippen molar-refractivity contribution in [2.45, 2.75) is 41.0 Å². The molecule has 0 saturated heterocycles. The molecular formula is C14H29N5O. The van der Waals surface area contributed by atoms with Gasteiger partial charge in [0.25, 0.3) is 0 Å². The molecule has 116 valence electrons. The summed E-state index contributed by atoms with van der Waals surface area (Å²) in [4.78, 5) is 5.30. The van der Waals surface area contributed by atoms with Crippen LogP contribution in [-0.2, 0) is 6.42 Å². The van der Waals surface area contributed by atoms with E-state index in [0.29, 0.717) is 13.0 Å². The van der Waals surface area contributed by atoms with Gasteiger partial charge in [0.05, 0.1) is 0 Å². The normalized spacial score (nSPS) is 8.50. The molecule has 1 rings (SSSR count). The molecule has 1 aromatic rings. The Balaban J connectivity index is 0. The third kappa shape index (κ3) is 9.02. The fourth-order valence-electron chi connectivity index (χ4n) is 1.21. The number of nitrogens with one attached hydrogen (secondary N) is 1. The predicted octanol–water partition coefficient (Wildman–Crippen LogP) is 2.32. The second kappa shape index (κ2) is 12.1. The van der Waals surface area contributed by atoms with Gasteiger partial charge in [-0.1, -0.05) is 27.7 Å². The molecule has 1 heterocycles. The van der Waals surface area contributed by atoms with E-state index in [9.17, 15) is 0 Å². The lowest BCUT2D eigenvalue weighted by Crippen LogP contribution is -2.31. The van der Waals surface area contributed by atoms with E-state index in [4.69, 9.17) is 21.3 Å². The molecule has 6 nitrogen and oxygen atoms in total. The summed E-state index contributed by atoms with van der Waals surface area (Å²) in [5.41, 5.74) is 10.4. The van der Waals surface area contributed by atoms with Gasteiger partial charge >= 0.3 is 0 Å². The first-order chi connectivity index (χ1) is 9.49. The van der Waals surface area contributed by atoms with E-state index >= 15 is 0 Å². The molecule has 0 radical (unpaired) electrons. The lowest BCUT2D eigenvalue weighted by atomic mass is 10.3. The monoisotopic (exact) mass is 283 g/mol. The Labute approximate surface area is 122 Å². The molecule has 0 aliphatic heterocycles. The summed E-state index contributed by atoms with van der Waals surface area (Å²) in [6.45, 7) is 10.5. The van der Waals surface area contributed by atoms with Crippen LogP contribution in [0.15, 0.2) is 21.5 Å². The molecule has 6 heteroatoms. The van der Waals surface area contributed by atoms with Crippen LogP contribution in [0.5, 0.6) is 0 Å². The van der Waals surface area contributed by atoms with Crippen LogP contribution in [0.25, 0.3) is 0 Å². The second-order valence-electron chi connectivity index (χ2n) is 3.54. The van der Waals surface area contributed by atoms with Gasteiger partial charge in [-0.2, -0.15) is 4.99 Å². The van der Waals surface area contributed by atoms with E-state index in [1.807, 2.05) is 46.8 Å². The van der Waals surface area contributed by atoms with Gasteiger partial charge in [0, 0.05) is 20.0 Å². The molecule has 0 aromatic carbocycles. The molecule has 0 amide bonds. The second-order valence-corrected chi connectivity index (χ2v) is 3.54. The van der Waals surface area contributed by atoms with Gasteiger partial charge in [-0.3, -0.25) is 5.41 Å². The van der Waals surface area contributed by atoms with Crippen LogP contribution in [0.3, 0.4) is 0 Å². The van der Waals surface area contributed by atoms with Gasteiger partial charge in [-0.25, -0.2) is 0 Å². The van der Waals surface area contributed by atoms with Crippen LogP contribution < -0.4 is 11.5 Å². The lowest BCUT2D eigenvalue weighted by molar-refractivity contribution is 0.436. The number of guanidine groups is 2. The van der Waals surface area contributed by atoms with Gasteiger partial charge < -0.3 is 20.8 Å². The van der Waals surface area contributed by atoms with Crippen LogP contribution in [0.2, 0.25) is 0 Å². The van der Waals surface area contributed by atoms with Gasteiger partial charge in [-0.05, 0) is 19.1 Å². The zero-order chi connectivity index (χ0) is 16.1. The Morgan fingerprint density at radius 1 is 1.25 bits per heavy atom. The van der Waals surface area contributed by atoms with Gasteiger partial charge in [0.15, 0.2) is 5.96 Å². The number of aryl methyl sites for hydroxylation is 1. The zero-order valence-corrected chi connectivity index (χ0v) is 13.5. The van der Waals surface area contributed by atoms with Crippen molar-refractivity contribution in [1.29, 1.82) is 5.41 Å². The summed E-state index contributed by atoms with van der Waals surface area (Å²) in [5, 5.41) is 7.54. The van der Waals surface area contributed by atoms with Crippen molar-refractivity contribution >= 4 is 11.9 Å². The van der Waals surface area contributed by atoms with E-state index in [1.165, 1.54) is 0 Å². The van der Waals surface area contributed by atoms with Crippen molar-refractivity contribution in [2.24, 2.45) is 16.5 Å². The minimum atomic E-state index is -0.106. The SMILES string of the molecule is CC.CC.Cc1ccc(CCN(C)C(=N)N=C(N)N)o1. The number of rotatable bonds is 3. The summed E-state index contributed by atoms with van der Waals surface area (Å²) in [6.07, 6.45) is 0.715. The quantitative estimate of drug-likeness (QED) is 0.584. The molecule has 0 bridgehead atoms. The first-order valence-electron chi connectivity index (χ1n) is 6.93. The van der Waals surface area contributed by atoms with Crippen molar-refractivity contribution < 1.29 is 4.42 Å². The van der Waals surface area contributed by atoms with Crippen LogP contribution >= 0.6 is 0 Å².